The van der Waals surface area contributed by atoms with E-state index in [-0.39, 0.29) is 17.0 Å². The highest BCUT2D eigenvalue weighted by Crippen LogP contribution is 2.32. The van der Waals surface area contributed by atoms with Crippen LogP contribution < -0.4 is 11.1 Å². The quantitative estimate of drug-likeness (QED) is 0.735. The van der Waals surface area contributed by atoms with Gasteiger partial charge in [0.25, 0.3) is 0 Å². The maximum atomic E-state index is 11.2. The van der Waals surface area contributed by atoms with E-state index in [0.29, 0.717) is 16.4 Å². The third-order valence-electron chi connectivity index (χ3n) is 3.00. The number of carboxylic acids is 1. The maximum absolute atomic E-state index is 11.2. The van der Waals surface area contributed by atoms with E-state index in [1.807, 2.05) is 6.92 Å². The van der Waals surface area contributed by atoms with Gasteiger partial charge in [-0.15, -0.1) is 0 Å². The molecule has 0 aliphatic heterocycles. The molecular weight excluding hydrogens is 252 g/mol. The first kappa shape index (κ1) is 14.6. The summed E-state index contributed by atoms with van der Waals surface area (Å²) in [4.78, 5) is 11.2. The Hall–Kier alpha value is -1.42. The number of nitrogens with two attached hydrogens (primary N) is 1. The van der Waals surface area contributed by atoms with Gasteiger partial charge in [0.05, 0.1) is 16.3 Å². The van der Waals surface area contributed by atoms with E-state index in [4.69, 9.17) is 17.3 Å². The molecule has 1 rings (SSSR count). The molecule has 0 fully saturated rings. The van der Waals surface area contributed by atoms with Gasteiger partial charge in [-0.05, 0) is 24.5 Å². The van der Waals surface area contributed by atoms with Crippen molar-refractivity contribution in [1.82, 2.24) is 0 Å². The first-order chi connectivity index (χ1) is 8.12. The Kier molecular flexibility index (Phi) is 4.12. The lowest BCUT2D eigenvalue weighted by Crippen LogP contribution is -2.31. The number of nitrogen functional groups attached to an aromatic ring is 1. The van der Waals surface area contributed by atoms with Gasteiger partial charge in [-0.3, -0.25) is 0 Å². The van der Waals surface area contributed by atoms with Crippen LogP contribution in [0, 0.1) is 5.41 Å². The number of halogens is 1. The monoisotopic (exact) mass is 270 g/mol. The second-order valence-electron chi connectivity index (χ2n) is 5.46. The van der Waals surface area contributed by atoms with Crippen molar-refractivity contribution in [3.05, 3.63) is 22.7 Å². The summed E-state index contributed by atoms with van der Waals surface area (Å²) in [7, 11) is 0. The predicted molar refractivity (Wildman–Crippen MR) is 75.4 cm³/mol. The summed E-state index contributed by atoms with van der Waals surface area (Å²) in [5.41, 5.74) is 6.44. The van der Waals surface area contributed by atoms with Crippen molar-refractivity contribution >= 4 is 28.9 Å². The molecule has 0 saturated heterocycles. The summed E-state index contributed by atoms with van der Waals surface area (Å²) in [5.74, 6) is -1.05. The predicted octanol–water partition coefficient (Wildman–Crippen LogP) is 3.47. The van der Waals surface area contributed by atoms with Crippen LogP contribution in [0.2, 0.25) is 5.02 Å². The molecular formula is C13H19ClN2O2. The minimum atomic E-state index is -1.05. The van der Waals surface area contributed by atoms with Crippen molar-refractivity contribution in [2.45, 2.75) is 33.7 Å². The smallest absolute Gasteiger partial charge is 0.337 e. The van der Waals surface area contributed by atoms with Crippen LogP contribution in [0.5, 0.6) is 0 Å². The van der Waals surface area contributed by atoms with Crippen LogP contribution >= 0.6 is 11.6 Å². The Morgan fingerprint density at radius 3 is 2.44 bits per heavy atom. The lowest BCUT2D eigenvalue weighted by molar-refractivity contribution is 0.0698. The Morgan fingerprint density at radius 1 is 1.44 bits per heavy atom. The fourth-order valence-electron chi connectivity index (χ4n) is 1.38. The van der Waals surface area contributed by atoms with E-state index >= 15 is 0 Å². The highest BCUT2D eigenvalue weighted by molar-refractivity contribution is 6.34. The highest BCUT2D eigenvalue weighted by Gasteiger charge is 2.23. The second kappa shape index (κ2) is 5.06. The lowest BCUT2D eigenvalue weighted by atomic mass is 9.88. The number of nitrogens with one attached hydrogen (secondary N) is 1. The van der Waals surface area contributed by atoms with Gasteiger partial charge in [0.15, 0.2) is 0 Å². The maximum Gasteiger partial charge on any atom is 0.337 e. The molecule has 0 aliphatic carbocycles. The van der Waals surface area contributed by atoms with Crippen molar-refractivity contribution in [2.75, 3.05) is 11.1 Å². The minimum absolute atomic E-state index is 0.0134. The second-order valence-corrected chi connectivity index (χ2v) is 5.87. The standard InChI is InChI=1S/C13H19ClN2O2/c1-7(13(2,3)4)16-11-9(12(17)18)5-8(15)6-10(11)14/h5-7,16H,15H2,1-4H3,(H,17,18). The number of carboxylic acid groups (broad SMARTS) is 1. The van der Waals surface area contributed by atoms with E-state index in [1.165, 1.54) is 6.07 Å². The SMILES string of the molecule is CC(Nc1c(Cl)cc(N)cc1C(=O)O)C(C)(C)C. The van der Waals surface area contributed by atoms with Crippen LogP contribution in [-0.4, -0.2) is 17.1 Å². The average Bonchev–Trinajstić information content (AvgIpc) is 2.19. The molecule has 0 saturated carbocycles. The Morgan fingerprint density at radius 2 is 2.00 bits per heavy atom. The van der Waals surface area contributed by atoms with Gasteiger partial charge in [0, 0.05) is 11.7 Å². The number of hydrogen-bond acceptors (Lipinski definition) is 3. The molecule has 18 heavy (non-hydrogen) atoms. The number of rotatable bonds is 3. The van der Waals surface area contributed by atoms with E-state index in [0.717, 1.165) is 0 Å². The number of benzene rings is 1. The molecule has 4 N–H and O–H groups in total. The van der Waals surface area contributed by atoms with Crippen molar-refractivity contribution in [1.29, 1.82) is 0 Å². The molecule has 0 amide bonds. The molecule has 100 valence electrons. The molecule has 0 radical (unpaired) electrons. The van der Waals surface area contributed by atoms with Crippen LogP contribution in [0.3, 0.4) is 0 Å². The highest BCUT2D eigenvalue weighted by atomic mass is 35.5. The van der Waals surface area contributed by atoms with Crippen molar-refractivity contribution < 1.29 is 9.90 Å². The van der Waals surface area contributed by atoms with Crippen molar-refractivity contribution in [3.63, 3.8) is 0 Å². The zero-order valence-corrected chi connectivity index (χ0v) is 11.8. The molecule has 0 heterocycles. The molecule has 1 aromatic carbocycles. The topological polar surface area (TPSA) is 75.3 Å². The summed E-state index contributed by atoms with van der Waals surface area (Å²) in [6.07, 6.45) is 0. The Labute approximate surface area is 112 Å². The minimum Gasteiger partial charge on any atom is -0.478 e. The fourth-order valence-corrected chi connectivity index (χ4v) is 1.66. The molecule has 0 aromatic heterocycles. The van der Waals surface area contributed by atoms with Gasteiger partial charge in [-0.2, -0.15) is 0 Å². The Bertz CT molecular complexity index is 467. The van der Waals surface area contributed by atoms with Crippen molar-refractivity contribution in [2.24, 2.45) is 5.41 Å². The van der Waals surface area contributed by atoms with E-state index in [9.17, 15) is 9.90 Å². The first-order valence-corrected chi connectivity index (χ1v) is 6.09. The molecule has 0 aliphatic rings. The van der Waals surface area contributed by atoms with E-state index in [1.54, 1.807) is 6.07 Å². The third-order valence-corrected chi connectivity index (χ3v) is 3.30. The lowest BCUT2D eigenvalue weighted by Gasteiger charge is -2.30. The molecule has 0 bridgehead atoms. The number of anilines is 2. The summed E-state index contributed by atoms with van der Waals surface area (Å²) >= 11 is 6.07. The van der Waals surface area contributed by atoms with Gasteiger partial charge < -0.3 is 16.2 Å². The van der Waals surface area contributed by atoms with Crippen LogP contribution in [-0.2, 0) is 0 Å². The van der Waals surface area contributed by atoms with Gasteiger partial charge in [0.1, 0.15) is 0 Å². The molecule has 1 aromatic rings. The summed E-state index contributed by atoms with van der Waals surface area (Å²) in [5, 5.41) is 12.7. The summed E-state index contributed by atoms with van der Waals surface area (Å²) in [6.45, 7) is 8.18. The van der Waals surface area contributed by atoms with Crippen LogP contribution in [0.4, 0.5) is 11.4 Å². The molecule has 0 spiro atoms. The number of aromatic carboxylic acids is 1. The zero-order chi connectivity index (χ0) is 14.1. The van der Waals surface area contributed by atoms with Gasteiger partial charge in [-0.1, -0.05) is 32.4 Å². The van der Waals surface area contributed by atoms with Crippen LogP contribution in [0.25, 0.3) is 0 Å². The third kappa shape index (κ3) is 3.29. The van der Waals surface area contributed by atoms with Crippen LogP contribution in [0.1, 0.15) is 38.1 Å². The van der Waals surface area contributed by atoms with Gasteiger partial charge >= 0.3 is 5.97 Å². The number of carbonyl (C=O) groups is 1. The van der Waals surface area contributed by atoms with E-state index in [2.05, 4.69) is 26.1 Å². The fraction of sp³-hybridized carbons (Fsp3) is 0.462. The molecule has 1 unspecified atom stereocenters. The van der Waals surface area contributed by atoms with Crippen LogP contribution in [0.15, 0.2) is 12.1 Å². The average molecular weight is 271 g/mol. The van der Waals surface area contributed by atoms with Gasteiger partial charge in [-0.25, -0.2) is 4.79 Å². The summed E-state index contributed by atoms with van der Waals surface area (Å²) in [6, 6.07) is 3.02. The normalized spacial score (nSPS) is 13.2. The zero-order valence-electron chi connectivity index (χ0n) is 11.0. The van der Waals surface area contributed by atoms with E-state index < -0.39 is 5.97 Å². The summed E-state index contributed by atoms with van der Waals surface area (Å²) < 4.78 is 0. The molecule has 4 nitrogen and oxygen atoms in total. The Balaban J connectivity index is 3.20. The molecule has 5 heteroatoms. The largest absolute Gasteiger partial charge is 0.478 e. The first-order valence-electron chi connectivity index (χ1n) is 5.71. The molecule has 1 atom stereocenters. The van der Waals surface area contributed by atoms with Crippen molar-refractivity contribution in [3.8, 4) is 0 Å². The number of hydrogen-bond donors (Lipinski definition) is 3. The van der Waals surface area contributed by atoms with Gasteiger partial charge in [0.2, 0.25) is 0 Å².